The Morgan fingerprint density at radius 1 is 1.18 bits per heavy atom. The molecule has 3 atom stereocenters. The van der Waals surface area contributed by atoms with E-state index < -0.39 is 0 Å². The number of thioether (sulfide) groups is 1. The Kier molecular flexibility index (Phi) is 5.81. The SMILES string of the molecule is CC1CC(C)CC(C(CSC(C)(C)C)NN)C1. The maximum Gasteiger partial charge on any atom is 0.0329 e. The molecule has 1 fully saturated rings. The minimum atomic E-state index is 0.334. The summed E-state index contributed by atoms with van der Waals surface area (Å²) in [5, 5.41) is 0. The first-order chi connectivity index (χ1) is 7.81. The molecule has 0 aliphatic heterocycles. The van der Waals surface area contributed by atoms with E-state index in [1.165, 1.54) is 19.3 Å². The fourth-order valence-corrected chi connectivity index (χ4v) is 4.05. The standard InChI is InChI=1S/C14H30N2S/c1-10-6-11(2)8-12(7-10)13(16-15)9-17-14(3,4)5/h10-13,16H,6-9,15H2,1-5H3. The van der Waals surface area contributed by atoms with Gasteiger partial charge in [0.05, 0.1) is 0 Å². The lowest BCUT2D eigenvalue weighted by Crippen LogP contribution is -2.45. The molecule has 0 aromatic rings. The quantitative estimate of drug-likeness (QED) is 0.599. The van der Waals surface area contributed by atoms with Crippen molar-refractivity contribution in [3.63, 3.8) is 0 Å². The molecule has 0 radical (unpaired) electrons. The number of hydrazine groups is 1. The molecule has 0 spiro atoms. The minimum absolute atomic E-state index is 0.334. The number of nitrogens with two attached hydrogens (primary N) is 1. The average Bonchev–Trinajstić information content (AvgIpc) is 2.15. The fraction of sp³-hybridized carbons (Fsp3) is 1.00. The van der Waals surface area contributed by atoms with Crippen molar-refractivity contribution in [1.29, 1.82) is 0 Å². The van der Waals surface area contributed by atoms with E-state index in [1.54, 1.807) is 0 Å². The number of hydrogen-bond acceptors (Lipinski definition) is 3. The second kappa shape index (κ2) is 6.44. The van der Waals surface area contributed by atoms with Gasteiger partial charge >= 0.3 is 0 Å². The highest BCUT2D eigenvalue weighted by molar-refractivity contribution is 8.00. The van der Waals surface area contributed by atoms with E-state index in [0.29, 0.717) is 10.8 Å². The maximum absolute atomic E-state index is 5.76. The van der Waals surface area contributed by atoms with Crippen LogP contribution in [0.5, 0.6) is 0 Å². The summed E-state index contributed by atoms with van der Waals surface area (Å²) in [4.78, 5) is 0. The first-order valence-electron chi connectivity index (χ1n) is 6.92. The molecule has 102 valence electrons. The van der Waals surface area contributed by atoms with E-state index >= 15 is 0 Å². The fourth-order valence-electron chi connectivity index (χ4n) is 3.00. The number of nitrogens with one attached hydrogen (secondary N) is 1. The van der Waals surface area contributed by atoms with Gasteiger partial charge in [0.1, 0.15) is 0 Å². The molecule has 1 saturated carbocycles. The van der Waals surface area contributed by atoms with Crippen molar-refractivity contribution in [2.45, 2.75) is 64.7 Å². The van der Waals surface area contributed by atoms with Gasteiger partial charge in [-0.1, -0.05) is 34.6 Å². The van der Waals surface area contributed by atoms with Crippen molar-refractivity contribution in [2.24, 2.45) is 23.6 Å². The Morgan fingerprint density at radius 2 is 1.71 bits per heavy atom. The third kappa shape index (κ3) is 5.62. The minimum Gasteiger partial charge on any atom is -0.271 e. The van der Waals surface area contributed by atoms with Crippen LogP contribution < -0.4 is 11.3 Å². The first-order valence-corrected chi connectivity index (χ1v) is 7.90. The van der Waals surface area contributed by atoms with Gasteiger partial charge in [-0.05, 0) is 37.0 Å². The molecule has 2 nitrogen and oxygen atoms in total. The maximum atomic E-state index is 5.76. The summed E-state index contributed by atoms with van der Waals surface area (Å²) in [6, 6.07) is 0.476. The van der Waals surface area contributed by atoms with Crippen LogP contribution >= 0.6 is 11.8 Å². The van der Waals surface area contributed by atoms with Crippen LogP contribution in [0, 0.1) is 17.8 Å². The van der Waals surface area contributed by atoms with Gasteiger partial charge in [-0.2, -0.15) is 11.8 Å². The second-order valence-corrected chi connectivity index (χ2v) is 8.72. The topological polar surface area (TPSA) is 38.0 Å². The predicted molar refractivity (Wildman–Crippen MR) is 79.0 cm³/mol. The van der Waals surface area contributed by atoms with E-state index in [1.807, 2.05) is 11.8 Å². The van der Waals surface area contributed by atoms with Gasteiger partial charge in [-0.25, -0.2) is 0 Å². The van der Waals surface area contributed by atoms with Gasteiger partial charge in [0.2, 0.25) is 0 Å². The van der Waals surface area contributed by atoms with Crippen molar-refractivity contribution >= 4 is 11.8 Å². The zero-order chi connectivity index (χ0) is 13.1. The molecule has 3 unspecified atom stereocenters. The van der Waals surface area contributed by atoms with E-state index in [0.717, 1.165) is 23.5 Å². The van der Waals surface area contributed by atoms with E-state index in [9.17, 15) is 0 Å². The predicted octanol–water partition coefficient (Wildman–Crippen LogP) is 3.42. The van der Waals surface area contributed by atoms with Gasteiger partial charge in [0.15, 0.2) is 0 Å². The average molecular weight is 258 g/mol. The Bertz CT molecular complexity index is 215. The second-order valence-electron chi connectivity index (χ2n) is 6.87. The Morgan fingerprint density at radius 3 is 2.12 bits per heavy atom. The highest BCUT2D eigenvalue weighted by Gasteiger charge is 2.30. The lowest BCUT2D eigenvalue weighted by molar-refractivity contribution is 0.185. The largest absolute Gasteiger partial charge is 0.271 e. The third-order valence-electron chi connectivity index (χ3n) is 3.69. The van der Waals surface area contributed by atoms with Gasteiger partial charge in [0.25, 0.3) is 0 Å². The molecular formula is C14H30N2S. The summed E-state index contributed by atoms with van der Waals surface area (Å²) >= 11 is 2.02. The Balaban J connectivity index is 2.48. The van der Waals surface area contributed by atoms with Crippen molar-refractivity contribution in [3.8, 4) is 0 Å². The molecule has 1 aliphatic rings. The van der Waals surface area contributed by atoms with Crippen molar-refractivity contribution in [3.05, 3.63) is 0 Å². The third-order valence-corrected chi connectivity index (χ3v) is 5.09. The normalized spacial score (nSPS) is 32.5. The van der Waals surface area contributed by atoms with E-state index in [2.05, 4.69) is 40.0 Å². The van der Waals surface area contributed by atoms with Crippen LogP contribution in [0.1, 0.15) is 53.9 Å². The van der Waals surface area contributed by atoms with Crippen LogP contribution in [-0.2, 0) is 0 Å². The van der Waals surface area contributed by atoms with Crippen LogP contribution in [0.2, 0.25) is 0 Å². The van der Waals surface area contributed by atoms with Gasteiger partial charge in [-0.15, -0.1) is 0 Å². The molecule has 0 aromatic carbocycles. The molecule has 3 N–H and O–H groups in total. The van der Waals surface area contributed by atoms with Crippen molar-refractivity contribution in [1.82, 2.24) is 5.43 Å². The molecule has 0 saturated heterocycles. The summed E-state index contributed by atoms with van der Waals surface area (Å²) in [7, 11) is 0. The van der Waals surface area contributed by atoms with Crippen LogP contribution in [0.4, 0.5) is 0 Å². The summed E-state index contributed by atoms with van der Waals surface area (Å²) in [6.07, 6.45) is 4.06. The van der Waals surface area contributed by atoms with Crippen LogP contribution in [-0.4, -0.2) is 16.5 Å². The Hall–Kier alpha value is 0.270. The summed E-state index contributed by atoms with van der Waals surface area (Å²) in [6.45, 7) is 11.6. The van der Waals surface area contributed by atoms with E-state index in [-0.39, 0.29) is 0 Å². The Labute approximate surface area is 111 Å². The lowest BCUT2D eigenvalue weighted by Gasteiger charge is -2.37. The van der Waals surface area contributed by atoms with Crippen molar-refractivity contribution in [2.75, 3.05) is 5.75 Å². The highest BCUT2D eigenvalue weighted by atomic mass is 32.2. The lowest BCUT2D eigenvalue weighted by atomic mass is 9.74. The number of hydrogen-bond donors (Lipinski definition) is 2. The molecule has 3 heteroatoms. The van der Waals surface area contributed by atoms with Crippen LogP contribution in [0.15, 0.2) is 0 Å². The molecule has 17 heavy (non-hydrogen) atoms. The first kappa shape index (κ1) is 15.3. The van der Waals surface area contributed by atoms with Crippen LogP contribution in [0.3, 0.4) is 0 Å². The molecule has 0 heterocycles. The van der Waals surface area contributed by atoms with Crippen molar-refractivity contribution < 1.29 is 0 Å². The molecular weight excluding hydrogens is 228 g/mol. The smallest absolute Gasteiger partial charge is 0.0329 e. The molecule has 0 bridgehead atoms. The molecule has 0 aromatic heterocycles. The molecule has 1 aliphatic carbocycles. The summed E-state index contributed by atoms with van der Waals surface area (Å²) in [5.74, 6) is 9.37. The monoisotopic (exact) mass is 258 g/mol. The van der Waals surface area contributed by atoms with Gasteiger partial charge in [0, 0.05) is 16.5 Å². The molecule has 1 rings (SSSR count). The van der Waals surface area contributed by atoms with Gasteiger partial charge in [-0.3, -0.25) is 11.3 Å². The number of rotatable bonds is 4. The van der Waals surface area contributed by atoms with Gasteiger partial charge < -0.3 is 0 Å². The zero-order valence-electron chi connectivity index (χ0n) is 12.1. The summed E-state index contributed by atoms with van der Waals surface area (Å²) in [5.41, 5.74) is 3.06. The highest BCUT2D eigenvalue weighted by Crippen LogP contribution is 2.36. The van der Waals surface area contributed by atoms with E-state index in [4.69, 9.17) is 5.84 Å². The molecule has 0 amide bonds. The summed E-state index contributed by atoms with van der Waals surface area (Å²) < 4.78 is 0.334. The van der Waals surface area contributed by atoms with Crippen LogP contribution in [0.25, 0.3) is 0 Å². The zero-order valence-corrected chi connectivity index (χ0v) is 12.9.